The molecule has 0 bridgehead atoms. The third-order valence-electron chi connectivity index (χ3n) is 2.80. The van der Waals surface area contributed by atoms with Crippen molar-refractivity contribution in [2.24, 2.45) is 0 Å². The molecule has 0 fully saturated rings. The quantitative estimate of drug-likeness (QED) is 0.872. The van der Waals surface area contributed by atoms with Gasteiger partial charge in [0.2, 0.25) is 5.82 Å². The highest BCUT2D eigenvalue weighted by atomic mass is 19.4. The summed E-state index contributed by atoms with van der Waals surface area (Å²) in [5, 5.41) is 2.62. The molecule has 1 heterocycles. The molecule has 1 N–H and O–H groups in total. The van der Waals surface area contributed by atoms with Crippen molar-refractivity contribution >= 4 is 11.6 Å². The van der Waals surface area contributed by atoms with Crippen molar-refractivity contribution in [3.05, 3.63) is 11.9 Å². The summed E-state index contributed by atoms with van der Waals surface area (Å²) in [6.07, 6.45) is -4.58. The summed E-state index contributed by atoms with van der Waals surface area (Å²) in [5.41, 5.74) is 0. The van der Waals surface area contributed by atoms with Gasteiger partial charge in [-0.15, -0.1) is 0 Å². The van der Waals surface area contributed by atoms with Crippen molar-refractivity contribution in [2.45, 2.75) is 26.1 Å². The Morgan fingerprint density at radius 3 is 2.50 bits per heavy atom. The fraction of sp³-hybridized carbons (Fsp3) is 0.667. The molecule has 0 saturated heterocycles. The van der Waals surface area contributed by atoms with Crippen LogP contribution in [0.3, 0.4) is 0 Å². The van der Waals surface area contributed by atoms with Gasteiger partial charge in [0, 0.05) is 26.8 Å². The number of ether oxygens (including phenoxy) is 1. The molecule has 1 rings (SSSR count). The second-order valence-corrected chi connectivity index (χ2v) is 4.27. The Kier molecular flexibility index (Phi) is 5.55. The summed E-state index contributed by atoms with van der Waals surface area (Å²) < 4.78 is 43.5. The van der Waals surface area contributed by atoms with Crippen molar-refractivity contribution in [1.29, 1.82) is 0 Å². The molecular formula is C12H19F3N4O. The minimum atomic E-state index is -4.58. The predicted molar refractivity (Wildman–Crippen MR) is 70.9 cm³/mol. The van der Waals surface area contributed by atoms with Crippen molar-refractivity contribution in [3.8, 4) is 0 Å². The number of nitrogens with one attached hydrogen (secondary N) is 1. The zero-order chi connectivity index (χ0) is 15.3. The average Bonchev–Trinajstić information content (AvgIpc) is 2.38. The normalized spacial score (nSPS) is 13.2. The molecule has 20 heavy (non-hydrogen) atoms. The first-order valence-electron chi connectivity index (χ1n) is 6.23. The number of methoxy groups -OCH3 is 1. The fourth-order valence-corrected chi connectivity index (χ4v) is 1.87. The maximum atomic E-state index is 12.8. The van der Waals surface area contributed by atoms with E-state index in [9.17, 15) is 13.2 Å². The highest BCUT2D eigenvalue weighted by molar-refractivity contribution is 5.50. The van der Waals surface area contributed by atoms with E-state index < -0.39 is 12.0 Å². The molecule has 0 spiro atoms. The molecule has 114 valence electrons. The van der Waals surface area contributed by atoms with Crippen molar-refractivity contribution < 1.29 is 17.9 Å². The number of aromatic nitrogens is 2. The molecule has 1 aromatic rings. The van der Waals surface area contributed by atoms with E-state index in [0.717, 1.165) is 0 Å². The second-order valence-electron chi connectivity index (χ2n) is 4.27. The maximum Gasteiger partial charge on any atom is 0.451 e. The van der Waals surface area contributed by atoms with Gasteiger partial charge in [0.15, 0.2) is 0 Å². The van der Waals surface area contributed by atoms with E-state index in [0.29, 0.717) is 13.2 Å². The standard InChI is InChI=1S/C12H19F3N4O/c1-5-19(8(2)7-20-4)10-6-9(16-3)17-11(18-10)12(13,14)15/h6,8H,5,7H2,1-4H3,(H,16,17,18). The van der Waals surface area contributed by atoms with Crippen LogP contribution in [0, 0.1) is 0 Å². The molecule has 0 aliphatic heterocycles. The predicted octanol–water partition coefficient (Wildman–Crippen LogP) is 2.40. The minimum absolute atomic E-state index is 0.0920. The first kappa shape index (κ1) is 16.5. The first-order valence-corrected chi connectivity index (χ1v) is 6.23. The third kappa shape index (κ3) is 3.96. The Labute approximate surface area is 116 Å². The van der Waals surface area contributed by atoms with Crippen molar-refractivity contribution in [3.63, 3.8) is 0 Å². The molecule has 1 unspecified atom stereocenters. The Bertz CT molecular complexity index is 439. The number of nitrogens with zero attached hydrogens (tertiary/aromatic N) is 3. The van der Waals surface area contributed by atoms with Crippen LogP contribution in [-0.2, 0) is 10.9 Å². The second kappa shape index (κ2) is 6.74. The molecule has 1 atom stereocenters. The van der Waals surface area contributed by atoms with Crippen LogP contribution in [0.25, 0.3) is 0 Å². The van der Waals surface area contributed by atoms with Gasteiger partial charge in [-0.1, -0.05) is 0 Å². The van der Waals surface area contributed by atoms with Crippen LogP contribution in [0.15, 0.2) is 6.07 Å². The van der Waals surface area contributed by atoms with Crippen LogP contribution in [0.2, 0.25) is 0 Å². The Morgan fingerprint density at radius 1 is 1.40 bits per heavy atom. The average molecular weight is 292 g/mol. The number of rotatable bonds is 6. The molecule has 5 nitrogen and oxygen atoms in total. The largest absolute Gasteiger partial charge is 0.451 e. The third-order valence-corrected chi connectivity index (χ3v) is 2.80. The maximum absolute atomic E-state index is 12.8. The molecule has 8 heteroatoms. The van der Waals surface area contributed by atoms with Gasteiger partial charge < -0.3 is 15.0 Å². The number of hydrogen-bond donors (Lipinski definition) is 1. The van der Waals surface area contributed by atoms with Crippen LogP contribution in [0.1, 0.15) is 19.7 Å². The van der Waals surface area contributed by atoms with E-state index in [1.165, 1.54) is 13.1 Å². The molecular weight excluding hydrogens is 273 g/mol. The zero-order valence-electron chi connectivity index (χ0n) is 12.0. The van der Waals surface area contributed by atoms with Crippen LogP contribution >= 0.6 is 0 Å². The summed E-state index contributed by atoms with van der Waals surface area (Å²) >= 11 is 0. The van der Waals surface area contributed by atoms with Crippen LogP contribution in [-0.4, -0.2) is 43.3 Å². The molecule has 0 aromatic carbocycles. The zero-order valence-corrected chi connectivity index (χ0v) is 12.0. The van der Waals surface area contributed by atoms with E-state index in [1.807, 2.05) is 13.8 Å². The molecule has 0 radical (unpaired) electrons. The number of anilines is 2. The number of alkyl halides is 3. The van der Waals surface area contributed by atoms with Crippen molar-refractivity contribution in [1.82, 2.24) is 9.97 Å². The van der Waals surface area contributed by atoms with E-state index in [4.69, 9.17) is 4.74 Å². The fourth-order valence-electron chi connectivity index (χ4n) is 1.87. The van der Waals surface area contributed by atoms with Gasteiger partial charge in [0.05, 0.1) is 12.6 Å². The Balaban J connectivity index is 3.21. The molecule has 0 saturated carbocycles. The smallest absolute Gasteiger partial charge is 0.383 e. The highest BCUT2D eigenvalue weighted by Crippen LogP contribution is 2.29. The van der Waals surface area contributed by atoms with Crippen LogP contribution in [0.4, 0.5) is 24.8 Å². The molecule has 0 amide bonds. The van der Waals surface area contributed by atoms with Gasteiger partial charge >= 0.3 is 6.18 Å². The van der Waals surface area contributed by atoms with Gasteiger partial charge in [0.25, 0.3) is 0 Å². The summed E-state index contributed by atoms with van der Waals surface area (Å²) in [6, 6.07) is 1.40. The van der Waals surface area contributed by atoms with Crippen LogP contribution in [0.5, 0.6) is 0 Å². The molecule has 0 aliphatic carbocycles. The highest BCUT2D eigenvalue weighted by Gasteiger charge is 2.36. The van der Waals surface area contributed by atoms with Gasteiger partial charge in [0.1, 0.15) is 11.6 Å². The minimum Gasteiger partial charge on any atom is -0.383 e. The lowest BCUT2D eigenvalue weighted by Crippen LogP contribution is -2.37. The lowest BCUT2D eigenvalue weighted by Gasteiger charge is -2.29. The molecule has 0 aliphatic rings. The Hall–Kier alpha value is -1.57. The van der Waals surface area contributed by atoms with E-state index in [1.54, 1.807) is 12.0 Å². The van der Waals surface area contributed by atoms with Gasteiger partial charge in [-0.2, -0.15) is 13.2 Å². The SMILES string of the molecule is CCN(c1cc(NC)nc(C(F)(F)F)n1)C(C)COC. The van der Waals surface area contributed by atoms with E-state index in [2.05, 4.69) is 15.3 Å². The van der Waals surface area contributed by atoms with E-state index in [-0.39, 0.29) is 17.7 Å². The molecule has 1 aromatic heterocycles. The number of halogens is 3. The van der Waals surface area contributed by atoms with Crippen LogP contribution < -0.4 is 10.2 Å². The number of likely N-dealkylation sites (N-methyl/N-ethyl adjacent to an activating group) is 1. The Morgan fingerprint density at radius 2 is 2.05 bits per heavy atom. The topological polar surface area (TPSA) is 50.3 Å². The van der Waals surface area contributed by atoms with Gasteiger partial charge in [-0.3, -0.25) is 0 Å². The van der Waals surface area contributed by atoms with Crippen molar-refractivity contribution in [2.75, 3.05) is 37.5 Å². The lowest BCUT2D eigenvalue weighted by molar-refractivity contribution is -0.144. The first-order chi connectivity index (χ1) is 9.33. The summed E-state index contributed by atoms with van der Waals surface area (Å²) in [5.74, 6) is -0.795. The number of hydrogen-bond acceptors (Lipinski definition) is 5. The van der Waals surface area contributed by atoms with E-state index >= 15 is 0 Å². The van der Waals surface area contributed by atoms with Gasteiger partial charge in [-0.25, -0.2) is 9.97 Å². The van der Waals surface area contributed by atoms with Gasteiger partial charge in [-0.05, 0) is 13.8 Å². The monoisotopic (exact) mass is 292 g/mol. The summed E-state index contributed by atoms with van der Waals surface area (Å²) in [6.45, 7) is 4.62. The summed E-state index contributed by atoms with van der Waals surface area (Å²) in [4.78, 5) is 8.80. The summed E-state index contributed by atoms with van der Waals surface area (Å²) in [7, 11) is 3.06. The lowest BCUT2D eigenvalue weighted by atomic mass is 10.3.